The van der Waals surface area contributed by atoms with E-state index in [9.17, 15) is 8.42 Å². The van der Waals surface area contributed by atoms with Gasteiger partial charge in [-0.2, -0.15) is 4.31 Å². The fourth-order valence-electron chi connectivity index (χ4n) is 3.78. The van der Waals surface area contributed by atoms with E-state index in [1.54, 1.807) is 21.8 Å². The molecule has 1 fully saturated rings. The van der Waals surface area contributed by atoms with E-state index in [2.05, 4.69) is 9.88 Å². The number of aryl methyl sites for hydroxylation is 1. The van der Waals surface area contributed by atoms with Gasteiger partial charge in [0.1, 0.15) is 15.9 Å². The molecule has 0 atom stereocenters. The first-order chi connectivity index (χ1) is 12.6. The highest BCUT2D eigenvalue weighted by atomic mass is 32.2. The van der Waals surface area contributed by atoms with Crippen LogP contribution >= 0.6 is 11.3 Å². The molecule has 0 unspecified atom stereocenters. The molecule has 8 heteroatoms. The van der Waals surface area contributed by atoms with Crippen LogP contribution in [0.1, 0.15) is 42.8 Å². The number of aromatic nitrogens is 2. The molecule has 0 aromatic carbocycles. The summed E-state index contributed by atoms with van der Waals surface area (Å²) in [7, 11) is -3.45. The largest absolute Gasteiger partial charge is 0.356 e. The maximum atomic E-state index is 12.9. The van der Waals surface area contributed by atoms with E-state index in [4.69, 9.17) is 4.98 Å². The predicted octanol–water partition coefficient (Wildman–Crippen LogP) is 2.97. The standard InChI is InChI=1S/C18H24N4O2S2/c1-14-19-16-8-11-22(26(23,24)17-7-6-12-25-17)13-15(16)18(20-14)21-9-4-2-3-5-10-21/h6-7,12H,2-5,8-11,13H2,1H3. The minimum atomic E-state index is -3.45. The van der Waals surface area contributed by atoms with Crippen LogP contribution in [0.5, 0.6) is 0 Å². The van der Waals surface area contributed by atoms with Crippen LogP contribution in [-0.4, -0.2) is 42.3 Å². The summed E-state index contributed by atoms with van der Waals surface area (Å²) in [4.78, 5) is 11.7. The van der Waals surface area contributed by atoms with E-state index in [0.717, 1.165) is 48.8 Å². The molecular formula is C18H24N4O2S2. The Bertz CT molecular complexity index is 873. The molecule has 1 saturated heterocycles. The van der Waals surface area contributed by atoms with Crippen molar-refractivity contribution in [2.75, 3.05) is 24.5 Å². The van der Waals surface area contributed by atoms with Gasteiger partial charge in [-0.15, -0.1) is 11.3 Å². The van der Waals surface area contributed by atoms with E-state index in [1.165, 1.54) is 24.2 Å². The second kappa shape index (κ2) is 7.25. The van der Waals surface area contributed by atoms with Crippen molar-refractivity contribution in [3.8, 4) is 0 Å². The molecule has 0 aliphatic carbocycles. The number of fused-ring (bicyclic) bond motifs is 1. The molecule has 4 heterocycles. The van der Waals surface area contributed by atoms with Gasteiger partial charge in [0.2, 0.25) is 0 Å². The van der Waals surface area contributed by atoms with Crippen molar-refractivity contribution >= 4 is 27.2 Å². The zero-order chi connectivity index (χ0) is 18.1. The molecule has 26 heavy (non-hydrogen) atoms. The summed E-state index contributed by atoms with van der Waals surface area (Å²) in [5, 5.41) is 1.81. The summed E-state index contributed by atoms with van der Waals surface area (Å²) >= 11 is 1.27. The first kappa shape index (κ1) is 17.9. The van der Waals surface area contributed by atoms with Gasteiger partial charge in [-0.1, -0.05) is 18.9 Å². The Hall–Kier alpha value is -1.51. The third-order valence-electron chi connectivity index (χ3n) is 5.11. The zero-order valence-corrected chi connectivity index (χ0v) is 16.7. The van der Waals surface area contributed by atoms with E-state index >= 15 is 0 Å². The molecule has 0 N–H and O–H groups in total. The van der Waals surface area contributed by atoms with Crippen LogP contribution < -0.4 is 4.90 Å². The molecule has 2 aromatic rings. The molecule has 0 saturated carbocycles. The summed E-state index contributed by atoms with van der Waals surface area (Å²) in [5.41, 5.74) is 2.00. The molecule has 2 aliphatic heterocycles. The summed E-state index contributed by atoms with van der Waals surface area (Å²) in [6, 6.07) is 3.46. The number of rotatable bonds is 3. The molecule has 0 spiro atoms. The van der Waals surface area contributed by atoms with Crippen molar-refractivity contribution in [3.05, 3.63) is 34.6 Å². The first-order valence-electron chi connectivity index (χ1n) is 9.21. The van der Waals surface area contributed by atoms with Gasteiger partial charge in [-0.3, -0.25) is 0 Å². The van der Waals surface area contributed by atoms with Crippen molar-refractivity contribution in [3.63, 3.8) is 0 Å². The molecule has 6 nitrogen and oxygen atoms in total. The first-order valence-corrected chi connectivity index (χ1v) is 11.5. The number of sulfonamides is 1. The van der Waals surface area contributed by atoms with Crippen LogP contribution in [0.3, 0.4) is 0 Å². The van der Waals surface area contributed by atoms with Crippen LogP contribution in [0, 0.1) is 6.92 Å². The van der Waals surface area contributed by atoms with Crippen molar-refractivity contribution in [1.82, 2.24) is 14.3 Å². The molecule has 2 aromatic heterocycles. The van der Waals surface area contributed by atoms with Crippen LogP contribution in [0.4, 0.5) is 5.82 Å². The summed E-state index contributed by atoms with van der Waals surface area (Å²) in [6.45, 7) is 4.74. The smallest absolute Gasteiger partial charge is 0.252 e. The Balaban J connectivity index is 1.69. The predicted molar refractivity (Wildman–Crippen MR) is 103 cm³/mol. The zero-order valence-electron chi connectivity index (χ0n) is 15.0. The number of hydrogen-bond donors (Lipinski definition) is 0. The SMILES string of the molecule is Cc1nc2c(c(N3CCCCCC3)n1)CN(S(=O)(=O)c1cccs1)CC2. The Labute approximate surface area is 158 Å². The number of anilines is 1. The molecule has 0 bridgehead atoms. The number of thiophene rings is 1. The average molecular weight is 393 g/mol. The third kappa shape index (κ3) is 3.37. The Morgan fingerprint density at radius 1 is 1.08 bits per heavy atom. The van der Waals surface area contributed by atoms with Gasteiger partial charge in [-0.05, 0) is 31.2 Å². The normalized spacial score (nSPS) is 19.2. The van der Waals surface area contributed by atoms with Crippen LogP contribution in [-0.2, 0) is 23.0 Å². The van der Waals surface area contributed by atoms with Gasteiger partial charge in [0.15, 0.2) is 0 Å². The fraction of sp³-hybridized carbons (Fsp3) is 0.556. The monoisotopic (exact) mass is 392 g/mol. The summed E-state index contributed by atoms with van der Waals surface area (Å²) < 4.78 is 27.9. The lowest BCUT2D eigenvalue weighted by Gasteiger charge is -2.31. The summed E-state index contributed by atoms with van der Waals surface area (Å²) in [6.07, 6.45) is 5.47. The van der Waals surface area contributed by atoms with Gasteiger partial charge in [0, 0.05) is 38.2 Å². The van der Waals surface area contributed by atoms with Crippen molar-refractivity contribution < 1.29 is 8.42 Å². The third-order valence-corrected chi connectivity index (χ3v) is 8.33. The van der Waals surface area contributed by atoms with Gasteiger partial charge < -0.3 is 4.90 Å². The highest BCUT2D eigenvalue weighted by Gasteiger charge is 2.32. The molecule has 0 amide bonds. The lowest BCUT2D eigenvalue weighted by Crippen LogP contribution is -2.38. The second-order valence-electron chi connectivity index (χ2n) is 6.94. The fourth-order valence-corrected chi connectivity index (χ4v) is 6.33. The van der Waals surface area contributed by atoms with Crippen LogP contribution in [0.15, 0.2) is 21.7 Å². The number of nitrogens with zero attached hydrogens (tertiary/aromatic N) is 4. The molecule has 0 radical (unpaired) electrons. The molecule has 4 rings (SSSR count). The average Bonchev–Trinajstić information content (AvgIpc) is 3.05. The lowest BCUT2D eigenvalue weighted by atomic mass is 10.1. The molecule has 2 aliphatic rings. The minimum Gasteiger partial charge on any atom is -0.356 e. The van der Waals surface area contributed by atoms with Gasteiger partial charge in [-0.25, -0.2) is 18.4 Å². The molecule has 140 valence electrons. The Kier molecular flexibility index (Phi) is 4.98. The second-order valence-corrected chi connectivity index (χ2v) is 10.1. The van der Waals surface area contributed by atoms with Crippen LogP contribution in [0.2, 0.25) is 0 Å². The minimum absolute atomic E-state index is 0.363. The van der Waals surface area contributed by atoms with Crippen molar-refractivity contribution in [2.45, 2.75) is 49.8 Å². The maximum absolute atomic E-state index is 12.9. The van der Waals surface area contributed by atoms with Crippen molar-refractivity contribution in [1.29, 1.82) is 0 Å². The highest BCUT2D eigenvalue weighted by Crippen LogP contribution is 2.32. The van der Waals surface area contributed by atoms with Crippen molar-refractivity contribution in [2.24, 2.45) is 0 Å². The van der Waals surface area contributed by atoms with E-state index in [1.807, 2.05) is 6.92 Å². The van der Waals surface area contributed by atoms with Gasteiger partial charge in [0.25, 0.3) is 10.0 Å². The number of hydrogen-bond acceptors (Lipinski definition) is 6. The van der Waals surface area contributed by atoms with E-state index < -0.39 is 10.0 Å². The van der Waals surface area contributed by atoms with Gasteiger partial charge >= 0.3 is 0 Å². The molecular weight excluding hydrogens is 368 g/mol. The lowest BCUT2D eigenvalue weighted by molar-refractivity contribution is 0.387. The van der Waals surface area contributed by atoms with E-state index in [-0.39, 0.29) is 0 Å². The van der Waals surface area contributed by atoms with E-state index in [0.29, 0.717) is 23.7 Å². The topological polar surface area (TPSA) is 66.4 Å². The van der Waals surface area contributed by atoms with Crippen LogP contribution in [0.25, 0.3) is 0 Å². The quantitative estimate of drug-likeness (QED) is 0.803. The maximum Gasteiger partial charge on any atom is 0.252 e. The summed E-state index contributed by atoms with van der Waals surface area (Å²) in [5.74, 6) is 1.72. The highest BCUT2D eigenvalue weighted by molar-refractivity contribution is 7.91. The Morgan fingerprint density at radius 2 is 1.85 bits per heavy atom. The van der Waals surface area contributed by atoms with Gasteiger partial charge in [0.05, 0.1) is 5.69 Å². The Morgan fingerprint density at radius 3 is 2.54 bits per heavy atom.